The number of nitrogens with zero attached hydrogens (tertiary/aromatic N) is 3. The van der Waals surface area contributed by atoms with E-state index in [1.807, 2.05) is 43.5 Å². The molecule has 28 heavy (non-hydrogen) atoms. The molecule has 2 rings (SSSR count). The van der Waals surface area contributed by atoms with E-state index in [0.29, 0.717) is 24.9 Å². The second-order valence-corrected chi connectivity index (χ2v) is 6.11. The summed E-state index contributed by atoms with van der Waals surface area (Å²) in [7, 11) is 1.52. The van der Waals surface area contributed by atoms with Gasteiger partial charge in [-0.2, -0.15) is 4.99 Å². The molecule has 0 fully saturated rings. The van der Waals surface area contributed by atoms with E-state index in [4.69, 9.17) is 0 Å². The van der Waals surface area contributed by atoms with Crippen LogP contribution in [0.25, 0.3) is 11.0 Å². The van der Waals surface area contributed by atoms with E-state index in [0.717, 1.165) is 43.0 Å². The number of amides is 2. The van der Waals surface area contributed by atoms with Crippen LogP contribution in [0.15, 0.2) is 23.2 Å². The van der Waals surface area contributed by atoms with Gasteiger partial charge in [0.15, 0.2) is 11.2 Å². The molecule has 0 unspecified atom stereocenters. The molecule has 0 atom stereocenters. The van der Waals surface area contributed by atoms with Gasteiger partial charge < -0.3 is 14.7 Å². The van der Waals surface area contributed by atoms with Crippen LogP contribution in [0.4, 0.5) is 0 Å². The van der Waals surface area contributed by atoms with Crippen molar-refractivity contribution in [2.75, 3.05) is 7.05 Å². The lowest BCUT2D eigenvalue weighted by Gasteiger charge is -2.14. The van der Waals surface area contributed by atoms with Gasteiger partial charge in [-0.15, -0.1) is 0 Å². The number of hydrogen-bond donors (Lipinski definition) is 1. The molecule has 0 spiro atoms. The van der Waals surface area contributed by atoms with Crippen LogP contribution >= 0.6 is 0 Å². The van der Waals surface area contributed by atoms with Crippen molar-refractivity contribution in [3.8, 4) is 0 Å². The van der Waals surface area contributed by atoms with Gasteiger partial charge in [-0.25, -0.2) is 4.98 Å². The highest BCUT2D eigenvalue weighted by Gasteiger charge is 2.15. The van der Waals surface area contributed by atoms with Gasteiger partial charge in [-0.05, 0) is 37.5 Å². The Morgan fingerprint density at radius 3 is 2.54 bits per heavy atom. The molecule has 0 aliphatic rings. The Morgan fingerprint density at radius 1 is 1.18 bits per heavy atom. The van der Waals surface area contributed by atoms with Gasteiger partial charge in [0.05, 0.1) is 11.0 Å². The molecule has 1 heterocycles. The van der Waals surface area contributed by atoms with E-state index < -0.39 is 0 Å². The Bertz CT molecular complexity index is 872. The van der Waals surface area contributed by atoms with E-state index in [2.05, 4.69) is 15.3 Å². The molecule has 1 aromatic carbocycles. The number of carbonyl (C=O) groups excluding carboxylic acids is 3. The summed E-state index contributed by atoms with van der Waals surface area (Å²) < 4.78 is 1.88. The van der Waals surface area contributed by atoms with Crippen molar-refractivity contribution < 1.29 is 14.4 Å². The lowest BCUT2D eigenvalue weighted by molar-refractivity contribution is -0.108. The highest BCUT2D eigenvalue weighted by molar-refractivity contribution is 5.93. The number of fused-ring (bicyclic) bond motifs is 1. The first kappa shape index (κ1) is 23.2. The average Bonchev–Trinajstić information content (AvgIpc) is 2.72. The molecule has 1 aromatic heterocycles. The van der Waals surface area contributed by atoms with Gasteiger partial charge in [0, 0.05) is 20.0 Å². The maximum absolute atomic E-state index is 12.2. The molecule has 1 N–H and O–H groups in total. The summed E-state index contributed by atoms with van der Waals surface area (Å²) in [6.45, 7) is 6.57. The number of hydrogen-bond acceptors (Lipinski definition) is 4. The molecule has 2 aromatic rings. The minimum atomic E-state index is -0.381. The van der Waals surface area contributed by atoms with Crippen molar-refractivity contribution in [2.45, 2.75) is 59.4 Å². The topological polar surface area (TPSA) is 93.4 Å². The number of aryl methyl sites for hydroxylation is 2. The summed E-state index contributed by atoms with van der Waals surface area (Å²) >= 11 is 0. The molecule has 0 aliphatic heterocycles. The molecule has 2 amide bonds. The summed E-state index contributed by atoms with van der Waals surface area (Å²) in [5.41, 5.74) is 2.96. The van der Waals surface area contributed by atoms with Crippen LogP contribution in [0.1, 0.15) is 62.0 Å². The lowest BCUT2D eigenvalue weighted by Crippen LogP contribution is -2.34. The van der Waals surface area contributed by atoms with Crippen LogP contribution in [0, 0.1) is 6.92 Å². The zero-order valence-corrected chi connectivity index (χ0v) is 17.2. The fourth-order valence-corrected chi connectivity index (χ4v) is 2.89. The van der Waals surface area contributed by atoms with Gasteiger partial charge in [-0.1, -0.05) is 32.8 Å². The average molecular weight is 386 g/mol. The zero-order chi connectivity index (χ0) is 20.9. The van der Waals surface area contributed by atoms with E-state index in [1.165, 1.54) is 7.05 Å². The number of nitrogens with one attached hydrogen (secondary N) is 1. The summed E-state index contributed by atoms with van der Waals surface area (Å²) in [6.07, 6.45) is 5.59. The molecule has 7 nitrogen and oxygen atoms in total. The largest absolute Gasteiger partial charge is 0.354 e. The summed E-state index contributed by atoms with van der Waals surface area (Å²) in [6, 6.07) is 5.81. The normalized spacial score (nSPS) is 10.9. The summed E-state index contributed by atoms with van der Waals surface area (Å²) in [4.78, 5) is 42.0. The van der Waals surface area contributed by atoms with Gasteiger partial charge in [0.25, 0.3) is 5.91 Å². The molecule has 0 saturated heterocycles. The van der Waals surface area contributed by atoms with Crippen molar-refractivity contribution in [3.05, 3.63) is 34.9 Å². The summed E-state index contributed by atoms with van der Waals surface area (Å²) in [5.74, 6) is -0.381. The predicted octanol–water partition coefficient (Wildman–Crippen LogP) is 2.94. The lowest BCUT2D eigenvalue weighted by atomic mass is 10.1. The first-order valence-electron chi connectivity index (χ1n) is 9.76. The van der Waals surface area contributed by atoms with Gasteiger partial charge in [0.2, 0.25) is 6.41 Å². The Balaban J connectivity index is 0.00000190. The standard InChI is InChI=1S/C19H24N4O3.C2H6/c1-14-8-9-16-15(12-14)22-17(19(26)20-2)18(21-13-25)23(16)10-6-4-3-5-7-11-24;1-2/h8-9,11-13H,3-7,10H2,1-2H3,(H,20,26);1-2H3. The zero-order valence-electron chi connectivity index (χ0n) is 17.2. The van der Waals surface area contributed by atoms with Crippen molar-refractivity contribution >= 4 is 29.6 Å². The molecule has 7 heteroatoms. The smallest absolute Gasteiger partial charge is 0.273 e. The van der Waals surface area contributed by atoms with E-state index >= 15 is 0 Å². The Labute approximate surface area is 165 Å². The van der Waals surface area contributed by atoms with Gasteiger partial charge >= 0.3 is 0 Å². The quantitative estimate of drug-likeness (QED) is 0.530. The molecule has 0 saturated carbocycles. The second-order valence-electron chi connectivity index (χ2n) is 6.11. The molecular formula is C21H30N4O3. The number of aldehydes is 1. The molecule has 152 valence electrons. The Morgan fingerprint density at radius 2 is 1.89 bits per heavy atom. The minimum absolute atomic E-state index is 0.138. The fraction of sp³-hybridized carbons (Fsp3) is 0.476. The van der Waals surface area contributed by atoms with E-state index in [9.17, 15) is 14.4 Å². The Hall–Kier alpha value is -2.83. The number of benzene rings is 1. The van der Waals surface area contributed by atoms with Crippen LogP contribution in [0.5, 0.6) is 0 Å². The molecule has 0 radical (unpaired) electrons. The second kappa shape index (κ2) is 12.5. The first-order chi connectivity index (χ1) is 13.6. The molecule has 0 bridgehead atoms. The first-order valence-corrected chi connectivity index (χ1v) is 9.76. The predicted molar refractivity (Wildman–Crippen MR) is 110 cm³/mol. The monoisotopic (exact) mass is 386 g/mol. The van der Waals surface area contributed by atoms with Crippen LogP contribution in [0.2, 0.25) is 0 Å². The minimum Gasteiger partial charge on any atom is -0.354 e. The van der Waals surface area contributed by atoms with Crippen LogP contribution < -0.4 is 10.8 Å². The fourth-order valence-electron chi connectivity index (χ4n) is 2.89. The third-order valence-electron chi connectivity index (χ3n) is 4.19. The number of aromatic nitrogens is 2. The highest BCUT2D eigenvalue weighted by Crippen LogP contribution is 2.14. The number of carbonyl (C=O) groups is 3. The van der Waals surface area contributed by atoms with Crippen molar-refractivity contribution in [2.24, 2.45) is 4.99 Å². The Kier molecular flexibility index (Phi) is 10.4. The van der Waals surface area contributed by atoms with E-state index in [-0.39, 0.29) is 17.1 Å². The van der Waals surface area contributed by atoms with Crippen molar-refractivity contribution in [3.63, 3.8) is 0 Å². The number of unbranched alkanes of at least 4 members (excludes halogenated alkanes) is 4. The molecular weight excluding hydrogens is 356 g/mol. The van der Waals surface area contributed by atoms with Gasteiger partial charge in [0.1, 0.15) is 6.29 Å². The van der Waals surface area contributed by atoms with Crippen LogP contribution in [-0.2, 0) is 16.1 Å². The third-order valence-corrected chi connectivity index (χ3v) is 4.19. The van der Waals surface area contributed by atoms with Crippen LogP contribution in [-0.4, -0.2) is 35.2 Å². The summed E-state index contributed by atoms with van der Waals surface area (Å²) in [5, 5.41) is 2.55. The maximum Gasteiger partial charge on any atom is 0.273 e. The molecule has 0 aliphatic carbocycles. The van der Waals surface area contributed by atoms with Crippen LogP contribution in [0.3, 0.4) is 0 Å². The highest BCUT2D eigenvalue weighted by atomic mass is 16.2. The maximum atomic E-state index is 12.2. The van der Waals surface area contributed by atoms with E-state index in [1.54, 1.807) is 0 Å². The number of rotatable bonds is 9. The van der Waals surface area contributed by atoms with Crippen molar-refractivity contribution in [1.29, 1.82) is 0 Å². The van der Waals surface area contributed by atoms with Gasteiger partial charge in [-0.3, -0.25) is 9.59 Å². The third kappa shape index (κ3) is 6.11. The SMILES string of the molecule is CC.CNC(=O)c1nc2cc(C)ccc2n(CCCCCCC=O)c1=NC=O. The van der Waals surface area contributed by atoms with Crippen molar-refractivity contribution in [1.82, 2.24) is 14.9 Å².